The van der Waals surface area contributed by atoms with Gasteiger partial charge >= 0.3 is 0 Å². The van der Waals surface area contributed by atoms with Crippen LogP contribution in [0.4, 0.5) is 0 Å². The van der Waals surface area contributed by atoms with Crippen LogP contribution in [0.3, 0.4) is 0 Å². The van der Waals surface area contributed by atoms with E-state index < -0.39 is 0 Å². The average molecular weight is 242 g/mol. The molecule has 0 saturated carbocycles. The van der Waals surface area contributed by atoms with E-state index in [2.05, 4.69) is 17.6 Å². The second-order valence-electron chi connectivity index (χ2n) is 5.51. The lowest BCUT2D eigenvalue weighted by Crippen LogP contribution is -2.43. The monoisotopic (exact) mass is 242 g/mol. The van der Waals surface area contributed by atoms with Crippen molar-refractivity contribution in [1.29, 1.82) is 0 Å². The van der Waals surface area contributed by atoms with Gasteiger partial charge in [0.1, 0.15) is 0 Å². The molecule has 0 aliphatic carbocycles. The standard InChI is InChI=1S/C13H26N2O2/c1-11(2)17-9-4-12(16)15-10-13(3)5-7-14-8-6-13/h11,14H,4-10H2,1-3H3,(H,15,16). The fraction of sp³-hybridized carbons (Fsp3) is 0.923. The van der Waals surface area contributed by atoms with Crippen LogP contribution >= 0.6 is 0 Å². The highest BCUT2D eigenvalue weighted by Gasteiger charge is 2.26. The minimum Gasteiger partial charge on any atom is -0.378 e. The Bertz CT molecular complexity index is 236. The number of nitrogens with one attached hydrogen (secondary N) is 2. The summed E-state index contributed by atoms with van der Waals surface area (Å²) in [6, 6.07) is 0. The summed E-state index contributed by atoms with van der Waals surface area (Å²) >= 11 is 0. The zero-order valence-corrected chi connectivity index (χ0v) is 11.3. The first-order valence-corrected chi connectivity index (χ1v) is 6.61. The van der Waals surface area contributed by atoms with E-state index in [9.17, 15) is 4.79 Å². The summed E-state index contributed by atoms with van der Waals surface area (Å²) in [5.41, 5.74) is 0.264. The predicted molar refractivity (Wildman–Crippen MR) is 68.9 cm³/mol. The molecule has 0 aromatic rings. The minimum atomic E-state index is 0.102. The molecule has 0 bridgehead atoms. The van der Waals surface area contributed by atoms with Crippen molar-refractivity contribution >= 4 is 5.91 Å². The number of rotatable bonds is 6. The van der Waals surface area contributed by atoms with Gasteiger partial charge in [0.05, 0.1) is 12.7 Å². The Hall–Kier alpha value is -0.610. The number of hydrogen-bond acceptors (Lipinski definition) is 3. The van der Waals surface area contributed by atoms with Gasteiger partial charge in [0, 0.05) is 13.0 Å². The summed E-state index contributed by atoms with van der Waals surface area (Å²) in [4.78, 5) is 11.6. The second kappa shape index (κ2) is 6.97. The molecular weight excluding hydrogens is 216 g/mol. The highest BCUT2D eigenvalue weighted by atomic mass is 16.5. The van der Waals surface area contributed by atoms with E-state index in [1.165, 1.54) is 0 Å². The maximum atomic E-state index is 11.6. The number of hydrogen-bond donors (Lipinski definition) is 2. The normalized spacial score (nSPS) is 19.3. The van der Waals surface area contributed by atoms with Crippen molar-refractivity contribution in [3.8, 4) is 0 Å². The van der Waals surface area contributed by atoms with E-state index in [4.69, 9.17) is 4.74 Å². The molecule has 0 aromatic carbocycles. The Morgan fingerprint density at radius 3 is 2.65 bits per heavy atom. The maximum Gasteiger partial charge on any atom is 0.222 e. The van der Waals surface area contributed by atoms with Gasteiger partial charge in [-0.15, -0.1) is 0 Å². The third-order valence-electron chi connectivity index (χ3n) is 3.30. The molecule has 1 fully saturated rings. The smallest absolute Gasteiger partial charge is 0.222 e. The molecule has 0 radical (unpaired) electrons. The third-order valence-corrected chi connectivity index (χ3v) is 3.30. The number of carbonyl (C=O) groups is 1. The quantitative estimate of drug-likeness (QED) is 0.738. The highest BCUT2D eigenvalue weighted by Crippen LogP contribution is 2.26. The first kappa shape index (κ1) is 14.5. The van der Waals surface area contributed by atoms with Gasteiger partial charge in [-0.05, 0) is 45.2 Å². The Kier molecular flexibility index (Phi) is 5.92. The summed E-state index contributed by atoms with van der Waals surface area (Å²) in [7, 11) is 0. The summed E-state index contributed by atoms with van der Waals surface area (Å²) < 4.78 is 5.36. The zero-order chi connectivity index (χ0) is 12.7. The van der Waals surface area contributed by atoms with Crippen LogP contribution in [0.2, 0.25) is 0 Å². The molecule has 1 rings (SSSR count). The van der Waals surface area contributed by atoms with Gasteiger partial charge in [-0.25, -0.2) is 0 Å². The van der Waals surface area contributed by atoms with Gasteiger partial charge in [0.2, 0.25) is 5.91 Å². The molecular formula is C13H26N2O2. The van der Waals surface area contributed by atoms with Gasteiger partial charge < -0.3 is 15.4 Å². The summed E-state index contributed by atoms with van der Waals surface area (Å²) in [6.07, 6.45) is 2.93. The van der Waals surface area contributed by atoms with Crippen molar-refractivity contribution in [3.05, 3.63) is 0 Å². The van der Waals surface area contributed by atoms with E-state index in [-0.39, 0.29) is 17.4 Å². The van der Waals surface area contributed by atoms with Crippen LogP contribution in [0.1, 0.15) is 40.0 Å². The molecule has 100 valence electrons. The lowest BCUT2D eigenvalue weighted by Gasteiger charge is -2.34. The minimum absolute atomic E-state index is 0.102. The number of amides is 1. The number of carbonyl (C=O) groups excluding carboxylic acids is 1. The molecule has 4 nitrogen and oxygen atoms in total. The van der Waals surface area contributed by atoms with Crippen molar-refractivity contribution in [3.63, 3.8) is 0 Å². The largest absolute Gasteiger partial charge is 0.378 e. The predicted octanol–water partition coefficient (Wildman–Crippen LogP) is 1.31. The summed E-state index contributed by atoms with van der Waals surface area (Å²) in [5.74, 6) is 0.102. The molecule has 1 amide bonds. The topological polar surface area (TPSA) is 50.4 Å². The SMILES string of the molecule is CC(C)OCCC(=O)NCC1(C)CCNCC1. The van der Waals surface area contributed by atoms with Gasteiger partial charge in [-0.2, -0.15) is 0 Å². The van der Waals surface area contributed by atoms with Crippen LogP contribution in [0.5, 0.6) is 0 Å². The molecule has 17 heavy (non-hydrogen) atoms. The van der Waals surface area contributed by atoms with Crippen LogP contribution in [0, 0.1) is 5.41 Å². The first-order valence-electron chi connectivity index (χ1n) is 6.61. The van der Waals surface area contributed by atoms with E-state index in [1.54, 1.807) is 0 Å². The van der Waals surface area contributed by atoms with Crippen molar-refractivity contribution in [1.82, 2.24) is 10.6 Å². The average Bonchev–Trinajstić information content (AvgIpc) is 2.27. The van der Waals surface area contributed by atoms with E-state index in [0.717, 1.165) is 32.5 Å². The molecule has 1 aliphatic heterocycles. The van der Waals surface area contributed by atoms with Crippen LogP contribution in [-0.4, -0.2) is 38.3 Å². The third kappa shape index (κ3) is 6.03. The zero-order valence-electron chi connectivity index (χ0n) is 11.3. The van der Waals surface area contributed by atoms with E-state index in [0.29, 0.717) is 13.0 Å². The first-order chi connectivity index (χ1) is 8.02. The van der Waals surface area contributed by atoms with E-state index >= 15 is 0 Å². The second-order valence-corrected chi connectivity index (χ2v) is 5.51. The maximum absolute atomic E-state index is 11.6. The highest BCUT2D eigenvalue weighted by molar-refractivity contribution is 5.75. The molecule has 0 atom stereocenters. The molecule has 0 unspecified atom stereocenters. The molecule has 1 heterocycles. The van der Waals surface area contributed by atoms with Crippen molar-refractivity contribution in [2.75, 3.05) is 26.2 Å². The molecule has 1 aliphatic rings. The summed E-state index contributed by atoms with van der Waals surface area (Å²) in [5, 5.41) is 6.36. The van der Waals surface area contributed by atoms with Crippen LogP contribution in [0.15, 0.2) is 0 Å². The van der Waals surface area contributed by atoms with Gasteiger partial charge in [0.15, 0.2) is 0 Å². The molecule has 0 spiro atoms. The Labute approximate surface area is 104 Å². The van der Waals surface area contributed by atoms with Crippen LogP contribution < -0.4 is 10.6 Å². The van der Waals surface area contributed by atoms with E-state index in [1.807, 2.05) is 13.8 Å². The Balaban J connectivity index is 2.14. The van der Waals surface area contributed by atoms with Gasteiger partial charge in [-0.3, -0.25) is 4.79 Å². The molecule has 1 saturated heterocycles. The van der Waals surface area contributed by atoms with Crippen LogP contribution in [-0.2, 0) is 9.53 Å². The van der Waals surface area contributed by atoms with Crippen LogP contribution in [0.25, 0.3) is 0 Å². The summed E-state index contributed by atoms with van der Waals surface area (Å²) in [6.45, 7) is 9.63. The number of piperidine rings is 1. The van der Waals surface area contributed by atoms with Crippen molar-refractivity contribution in [2.24, 2.45) is 5.41 Å². The van der Waals surface area contributed by atoms with Crippen molar-refractivity contribution < 1.29 is 9.53 Å². The molecule has 4 heteroatoms. The number of ether oxygens (including phenoxy) is 1. The molecule has 0 aromatic heterocycles. The lowest BCUT2D eigenvalue weighted by atomic mass is 9.81. The Morgan fingerprint density at radius 1 is 1.41 bits per heavy atom. The fourth-order valence-electron chi connectivity index (χ4n) is 1.99. The van der Waals surface area contributed by atoms with Crippen molar-refractivity contribution in [2.45, 2.75) is 46.1 Å². The van der Waals surface area contributed by atoms with Gasteiger partial charge in [0.25, 0.3) is 0 Å². The fourth-order valence-corrected chi connectivity index (χ4v) is 1.99. The Morgan fingerprint density at radius 2 is 2.06 bits per heavy atom. The van der Waals surface area contributed by atoms with Gasteiger partial charge in [-0.1, -0.05) is 6.92 Å². The molecule has 2 N–H and O–H groups in total. The lowest BCUT2D eigenvalue weighted by molar-refractivity contribution is -0.123.